The number of amides is 1. The van der Waals surface area contributed by atoms with Gasteiger partial charge in [0, 0.05) is 6.07 Å². The number of hydrogen-bond acceptors (Lipinski definition) is 6. The molecule has 4 aromatic rings. The molecule has 0 saturated carbocycles. The number of aryl methyl sites for hydroxylation is 1. The third kappa shape index (κ3) is 4.33. The normalized spacial score (nSPS) is 10.8. The van der Waals surface area contributed by atoms with Crippen LogP contribution in [0.4, 0.5) is 5.82 Å². The van der Waals surface area contributed by atoms with Crippen LogP contribution in [0.1, 0.15) is 5.69 Å². The molecule has 2 heterocycles. The third-order valence-electron chi connectivity index (χ3n) is 4.63. The van der Waals surface area contributed by atoms with Crippen molar-refractivity contribution in [2.45, 2.75) is 13.5 Å². The highest BCUT2D eigenvalue weighted by molar-refractivity contribution is 5.92. The number of fused-ring (bicyclic) bond motifs is 1. The van der Waals surface area contributed by atoms with Crippen molar-refractivity contribution in [2.75, 3.05) is 11.9 Å². The molecule has 0 radical (unpaired) electrons. The number of aromatic nitrogens is 4. The van der Waals surface area contributed by atoms with Gasteiger partial charge in [0.2, 0.25) is 0 Å². The van der Waals surface area contributed by atoms with Gasteiger partial charge < -0.3 is 10.1 Å². The number of carbonyl (C=O) groups is 2. The van der Waals surface area contributed by atoms with E-state index < -0.39 is 36.1 Å². The molecule has 4 rings (SSSR count). The number of carbonyl (C=O) groups excluding carboxylic acids is 2. The zero-order valence-corrected chi connectivity index (χ0v) is 17.1. The molecule has 10 nitrogen and oxygen atoms in total. The number of H-pyrrole nitrogens is 1. The van der Waals surface area contributed by atoms with Gasteiger partial charge in [-0.05, 0) is 31.2 Å². The van der Waals surface area contributed by atoms with E-state index in [1.54, 1.807) is 29.8 Å². The number of esters is 1. The maximum absolute atomic E-state index is 12.5. The Morgan fingerprint density at radius 2 is 1.72 bits per heavy atom. The monoisotopic (exact) mass is 433 g/mol. The first-order valence-corrected chi connectivity index (χ1v) is 9.72. The Morgan fingerprint density at radius 3 is 2.47 bits per heavy atom. The lowest BCUT2D eigenvalue weighted by atomic mass is 10.2. The van der Waals surface area contributed by atoms with Crippen LogP contribution in [0, 0.1) is 6.92 Å². The summed E-state index contributed by atoms with van der Waals surface area (Å²) < 4.78 is 7.40. The Morgan fingerprint density at radius 1 is 1.03 bits per heavy atom. The number of hydrogen-bond donors (Lipinski definition) is 2. The number of benzene rings is 2. The van der Waals surface area contributed by atoms with Gasteiger partial charge in [-0.2, -0.15) is 5.10 Å². The Balaban J connectivity index is 1.41. The number of para-hydroxylation sites is 1. The first kappa shape index (κ1) is 20.8. The standard InChI is InChI=1S/C22H19N5O5/c1-14-11-18(27(24-14)15-7-3-2-4-8-15)23-19(28)13-32-20(29)12-26-22(31)17-10-6-5-9-16(17)21(30)25-26/h2-11H,12-13H2,1H3,(H,23,28)(H,25,30). The molecule has 0 bridgehead atoms. The van der Waals surface area contributed by atoms with Crippen molar-refractivity contribution < 1.29 is 14.3 Å². The summed E-state index contributed by atoms with van der Waals surface area (Å²) in [7, 11) is 0. The number of nitrogens with zero attached hydrogens (tertiary/aromatic N) is 3. The molecule has 0 aliphatic rings. The first-order chi connectivity index (χ1) is 15.4. The van der Waals surface area contributed by atoms with Crippen molar-refractivity contribution in [3.63, 3.8) is 0 Å². The van der Waals surface area contributed by atoms with Crippen LogP contribution in [0.2, 0.25) is 0 Å². The van der Waals surface area contributed by atoms with Crippen molar-refractivity contribution >= 4 is 28.5 Å². The number of nitrogens with one attached hydrogen (secondary N) is 2. The minimum atomic E-state index is -0.846. The highest BCUT2D eigenvalue weighted by Crippen LogP contribution is 2.16. The Kier molecular flexibility index (Phi) is 5.67. The summed E-state index contributed by atoms with van der Waals surface area (Å²) in [6.07, 6.45) is 0. The molecule has 2 aromatic carbocycles. The molecule has 32 heavy (non-hydrogen) atoms. The fourth-order valence-corrected chi connectivity index (χ4v) is 3.21. The molecular weight excluding hydrogens is 414 g/mol. The summed E-state index contributed by atoms with van der Waals surface area (Å²) in [4.78, 5) is 49.0. The van der Waals surface area contributed by atoms with E-state index in [-0.39, 0.29) is 10.8 Å². The van der Waals surface area contributed by atoms with Crippen LogP contribution in [-0.4, -0.2) is 38.0 Å². The van der Waals surface area contributed by atoms with E-state index in [1.807, 2.05) is 30.3 Å². The summed E-state index contributed by atoms with van der Waals surface area (Å²) in [6.45, 7) is 0.689. The van der Waals surface area contributed by atoms with E-state index in [2.05, 4.69) is 15.5 Å². The van der Waals surface area contributed by atoms with Crippen molar-refractivity contribution in [3.8, 4) is 5.69 Å². The van der Waals surface area contributed by atoms with Crippen LogP contribution in [0.15, 0.2) is 70.3 Å². The van der Waals surface area contributed by atoms with Gasteiger partial charge >= 0.3 is 5.97 Å². The van der Waals surface area contributed by atoms with Gasteiger partial charge in [-0.1, -0.05) is 30.3 Å². The van der Waals surface area contributed by atoms with Crippen LogP contribution in [0.25, 0.3) is 16.5 Å². The van der Waals surface area contributed by atoms with Crippen LogP contribution < -0.4 is 16.4 Å². The molecule has 0 fully saturated rings. The van der Waals surface area contributed by atoms with E-state index in [0.29, 0.717) is 11.5 Å². The molecule has 10 heteroatoms. The van der Waals surface area contributed by atoms with Gasteiger partial charge in [0.05, 0.1) is 22.2 Å². The third-order valence-corrected chi connectivity index (χ3v) is 4.63. The van der Waals surface area contributed by atoms with Gasteiger partial charge in [-0.3, -0.25) is 24.3 Å². The predicted octanol–water partition coefficient (Wildman–Crippen LogP) is 1.37. The van der Waals surface area contributed by atoms with Crippen LogP contribution in [0.5, 0.6) is 0 Å². The van der Waals surface area contributed by atoms with Crippen molar-refractivity contribution in [1.29, 1.82) is 0 Å². The molecule has 2 N–H and O–H groups in total. The highest BCUT2D eigenvalue weighted by atomic mass is 16.5. The molecule has 2 aromatic heterocycles. The fraction of sp³-hybridized carbons (Fsp3) is 0.136. The maximum atomic E-state index is 12.5. The lowest BCUT2D eigenvalue weighted by Crippen LogP contribution is -2.33. The number of aromatic amines is 1. The predicted molar refractivity (Wildman–Crippen MR) is 117 cm³/mol. The molecule has 0 aliphatic carbocycles. The van der Waals surface area contributed by atoms with Gasteiger partial charge in [0.25, 0.3) is 17.0 Å². The highest BCUT2D eigenvalue weighted by Gasteiger charge is 2.15. The number of anilines is 1. The van der Waals surface area contributed by atoms with Crippen LogP contribution in [-0.2, 0) is 20.9 Å². The summed E-state index contributed by atoms with van der Waals surface area (Å²) in [5.74, 6) is -1.000. The van der Waals surface area contributed by atoms with Gasteiger partial charge in [-0.25, -0.2) is 9.36 Å². The van der Waals surface area contributed by atoms with Crippen molar-refractivity contribution in [3.05, 3.63) is 87.1 Å². The van der Waals surface area contributed by atoms with Crippen LogP contribution >= 0.6 is 0 Å². The van der Waals surface area contributed by atoms with E-state index in [4.69, 9.17) is 4.74 Å². The molecule has 0 spiro atoms. The quantitative estimate of drug-likeness (QED) is 0.442. The van der Waals surface area contributed by atoms with Crippen molar-refractivity contribution in [2.24, 2.45) is 0 Å². The molecule has 1 amide bonds. The smallest absolute Gasteiger partial charge is 0.328 e. The summed E-state index contributed by atoms with van der Waals surface area (Å²) in [5.41, 5.74) is 0.410. The Bertz CT molecular complexity index is 1420. The van der Waals surface area contributed by atoms with Gasteiger partial charge in [0.1, 0.15) is 12.4 Å². The SMILES string of the molecule is Cc1cc(NC(=O)COC(=O)Cn2[nH]c(=O)c3ccccc3c2=O)n(-c2ccccc2)n1. The minimum absolute atomic E-state index is 0.186. The fourth-order valence-electron chi connectivity index (χ4n) is 3.21. The van der Waals surface area contributed by atoms with E-state index >= 15 is 0 Å². The van der Waals surface area contributed by atoms with Crippen molar-refractivity contribution in [1.82, 2.24) is 19.6 Å². The lowest BCUT2D eigenvalue weighted by Gasteiger charge is -2.10. The average Bonchev–Trinajstić information content (AvgIpc) is 3.16. The summed E-state index contributed by atoms with van der Waals surface area (Å²) >= 11 is 0. The van der Waals surface area contributed by atoms with E-state index in [0.717, 1.165) is 10.4 Å². The Labute approximate surface area is 181 Å². The lowest BCUT2D eigenvalue weighted by molar-refractivity contribution is -0.148. The molecular formula is C22H19N5O5. The first-order valence-electron chi connectivity index (χ1n) is 9.72. The molecule has 0 unspecified atom stereocenters. The largest absolute Gasteiger partial charge is 0.454 e. The molecule has 0 aliphatic heterocycles. The second kappa shape index (κ2) is 8.72. The molecule has 0 atom stereocenters. The number of rotatable bonds is 6. The molecule has 0 saturated heterocycles. The minimum Gasteiger partial charge on any atom is -0.454 e. The topological polar surface area (TPSA) is 128 Å². The zero-order chi connectivity index (χ0) is 22.7. The number of ether oxygens (including phenoxy) is 1. The summed E-state index contributed by atoms with van der Waals surface area (Å²) in [6, 6.07) is 17.2. The van der Waals surface area contributed by atoms with Gasteiger partial charge in [0.15, 0.2) is 6.61 Å². The second-order valence-corrected chi connectivity index (χ2v) is 7.00. The summed E-state index contributed by atoms with van der Waals surface area (Å²) in [5, 5.41) is 9.76. The molecule has 162 valence electrons. The van der Waals surface area contributed by atoms with Gasteiger partial charge in [-0.15, -0.1) is 0 Å². The average molecular weight is 433 g/mol. The second-order valence-electron chi connectivity index (χ2n) is 7.00. The van der Waals surface area contributed by atoms with Crippen LogP contribution in [0.3, 0.4) is 0 Å². The van der Waals surface area contributed by atoms with E-state index in [1.165, 1.54) is 12.1 Å². The maximum Gasteiger partial charge on any atom is 0.328 e. The van der Waals surface area contributed by atoms with E-state index in [9.17, 15) is 19.2 Å². The zero-order valence-electron chi connectivity index (χ0n) is 17.1. The Hall–Kier alpha value is -4.47.